The molecule has 2 aromatic heterocycles. The number of likely N-dealkylation sites (tertiary alicyclic amines) is 1. The maximum absolute atomic E-state index is 16.0. The summed E-state index contributed by atoms with van der Waals surface area (Å²) < 4.78 is 30.9. The first kappa shape index (κ1) is 38.0. The number of anilines is 1. The summed E-state index contributed by atoms with van der Waals surface area (Å²) in [5.41, 5.74) is 3.33. The van der Waals surface area contributed by atoms with Gasteiger partial charge in [0.1, 0.15) is 0 Å². The number of quaternary nitrogens is 1. The van der Waals surface area contributed by atoms with Gasteiger partial charge in [-0.1, -0.05) is 17.7 Å². The second-order valence-electron chi connectivity index (χ2n) is 14.3. The van der Waals surface area contributed by atoms with E-state index in [0.717, 1.165) is 36.1 Å². The first-order valence-electron chi connectivity index (χ1n) is 17.7. The number of piperazine rings is 1. The second-order valence-corrected chi connectivity index (χ2v) is 14.7. The largest absolute Gasteiger partial charge is 0.493 e. The Labute approximate surface area is 313 Å². The molecule has 2 aromatic carbocycles. The summed E-state index contributed by atoms with van der Waals surface area (Å²) >= 11 is 6.58. The quantitative estimate of drug-likeness (QED) is 0.233. The molecule has 0 spiro atoms. The van der Waals surface area contributed by atoms with Gasteiger partial charge in [0.25, 0.3) is 11.8 Å². The summed E-state index contributed by atoms with van der Waals surface area (Å²) in [7, 11) is 9.05. The minimum atomic E-state index is -0.561. The molecule has 2 saturated heterocycles. The Kier molecular flexibility index (Phi) is 11.2. The lowest BCUT2D eigenvalue weighted by molar-refractivity contribution is -0.895. The minimum Gasteiger partial charge on any atom is -0.493 e. The molecule has 53 heavy (non-hydrogen) atoms. The van der Waals surface area contributed by atoms with Gasteiger partial charge in [-0.15, -0.1) is 0 Å². The number of imidazole rings is 1. The molecule has 15 heteroatoms. The van der Waals surface area contributed by atoms with E-state index < -0.39 is 11.7 Å². The summed E-state index contributed by atoms with van der Waals surface area (Å²) in [5, 5.41) is 7.36. The first-order chi connectivity index (χ1) is 25.3. The molecule has 0 unspecified atom stereocenters. The average molecular weight is 750 g/mol. The average Bonchev–Trinajstić information content (AvgIpc) is 3.71. The van der Waals surface area contributed by atoms with Gasteiger partial charge in [0.15, 0.2) is 17.4 Å². The Morgan fingerprint density at radius 3 is 2.32 bits per heavy atom. The van der Waals surface area contributed by atoms with E-state index in [9.17, 15) is 14.4 Å². The summed E-state index contributed by atoms with van der Waals surface area (Å²) in [6.07, 6.45) is 4.87. The molecule has 1 N–H and O–H groups in total. The van der Waals surface area contributed by atoms with Crippen LogP contribution in [0.2, 0.25) is 5.02 Å². The molecule has 2 fully saturated rings. The number of ether oxygens (including phenoxy) is 2. The lowest BCUT2D eigenvalue weighted by Gasteiger charge is -2.40. The van der Waals surface area contributed by atoms with Crippen LogP contribution in [0.5, 0.6) is 5.75 Å². The number of nitrogens with one attached hydrogen (secondary N) is 1. The van der Waals surface area contributed by atoms with Crippen molar-refractivity contribution in [2.24, 2.45) is 13.0 Å². The van der Waals surface area contributed by atoms with Gasteiger partial charge in [0, 0.05) is 87.2 Å². The van der Waals surface area contributed by atoms with Crippen LogP contribution in [0.25, 0.3) is 22.4 Å². The molecule has 2 aliphatic rings. The van der Waals surface area contributed by atoms with E-state index in [-0.39, 0.29) is 34.3 Å². The number of carbonyl (C=O) groups is 3. The highest BCUT2D eigenvalue weighted by molar-refractivity contribution is 6.34. The van der Waals surface area contributed by atoms with E-state index in [0.29, 0.717) is 73.0 Å². The lowest BCUT2D eigenvalue weighted by atomic mass is 9.94. The molecule has 0 saturated carbocycles. The number of methoxy groups -OCH3 is 2. The molecule has 282 valence electrons. The fourth-order valence-corrected chi connectivity index (χ4v) is 7.44. The Morgan fingerprint density at radius 1 is 0.981 bits per heavy atom. The zero-order valence-electron chi connectivity index (χ0n) is 31.1. The molecule has 4 heterocycles. The van der Waals surface area contributed by atoms with Crippen molar-refractivity contribution in [2.45, 2.75) is 26.3 Å². The van der Waals surface area contributed by atoms with Gasteiger partial charge < -0.3 is 33.6 Å². The van der Waals surface area contributed by atoms with Gasteiger partial charge in [-0.05, 0) is 31.2 Å². The highest BCUT2D eigenvalue weighted by Gasteiger charge is 2.35. The molecular weight excluding hydrogens is 703 g/mol. The van der Waals surface area contributed by atoms with Gasteiger partial charge in [-0.3, -0.25) is 19.1 Å². The third-order valence-electron chi connectivity index (χ3n) is 10.5. The van der Waals surface area contributed by atoms with Crippen molar-refractivity contribution in [1.82, 2.24) is 29.1 Å². The van der Waals surface area contributed by atoms with Crippen LogP contribution in [-0.4, -0.2) is 126 Å². The second kappa shape index (κ2) is 15.7. The maximum Gasteiger partial charge on any atom is 0.291 e. The molecule has 0 radical (unpaired) electrons. The van der Waals surface area contributed by atoms with Crippen LogP contribution < -0.4 is 10.1 Å². The number of hydrogen-bond donors (Lipinski definition) is 1. The number of halogens is 2. The Bertz CT molecular complexity index is 2010. The van der Waals surface area contributed by atoms with E-state index in [1.807, 2.05) is 11.8 Å². The molecule has 3 amide bonds. The number of amides is 3. The van der Waals surface area contributed by atoms with Gasteiger partial charge in [0.2, 0.25) is 5.91 Å². The van der Waals surface area contributed by atoms with Crippen LogP contribution in [0.4, 0.5) is 10.1 Å². The van der Waals surface area contributed by atoms with Crippen LogP contribution in [0.3, 0.4) is 0 Å². The molecule has 0 aliphatic carbocycles. The normalized spacial score (nSPS) is 16.2. The Balaban J connectivity index is 1.10. The molecule has 0 atom stereocenters. The van der Waals surface area contributed by atoms with Gasteiger partial charge in [-0.25, -0.2) is 9.37 Å². The van der Waals surface area contributed by atoms with Gasteiger partial charge in [-0.2, -0.15) is 5.10 Å². The van der Waals surface area contributed by atoms with Crippen LogP contribution in [0, 0.1) is 18.7 Å². The van der Waals surface area contributed by atoms with Crippen molar-refractivity contribution in [1.29, 1.82) is 0 Å². The van der Waals surface area contributed by atoms with Crippen molar-refractivity contribution in [2.75, 3.05) is 79.5 Å². The first-order valence-corrected chi connectivity index (χ1v) is 18.1. The summed E-state index contributed by atoms with van der Waals surface area (Å²) in [4.78, 5) is 47.9. The van der Waals surface area contributed by atoms with E-state index in [2.05, 4.69) is 29.5 Å². The summed E-state index contributed by atoms with van der Waals surface area (Å²) in [6.45, 7) is 6.67. The number of benzene rings is 2. The highest BCUT2D eigenvalue weighted by Crippen LogP contribution is 2.39. The third-order valence-corrected chi connectivity index (χ3v) is 10.8. The topological polar surface area (TPSA) is 124 Å². The van der Waals surface area contributed by atoms with E-state index in [1.54, 1.807) is 58.8 Å². The maximum atomic E-state index is 16.0. The number of piperidine rings is 1. The van der Waals surface area contributed by atoms with Gasteiger partial charge >= 0.3 is 0 Å². The van der Waals surface area contributed by atoms with Crippen molar-refractivity contribution in [3.05, 3.63) is 70.6 Å². The molecular formula is C38H47ClFN8O5+. The lowest BCUT2D eigenvalue weighted by Crippen LogP contribution is -2.54. The number of hydrogen-bond acceptors (Lipinski definition) is 7. The standard InChI is InChI=1S/C38H46ClFN8O5/c1-24-30(22-42-47(24)17-20-52-5)27-9-10-29(34(53-6)33(27)40)32-23-41-35(44(32)2)36(49)43-26-7-8-28(31(39)21-26)38(51)46-15-13-45(14-16-46)37(50)25-11-18-48(3,4)19-12-25/h7-10,21-23,25H,11-20H2,1-6H3/p+1. The van der Waals surface area contributed by atoms with Crippen LogP contribution in [0.15, 0.2) is 42.7 Å². The SMILES string of the molecule is COCCn1ncc(-c2ccc(-c3cnc(C(=O)Nc4ccc(C(=O)N5CCN(C(=O)C6CC[N+](C)(C)CC6)CC5)c(Cl)c4)n3C)c(OC)c2F)c1C. The Hall–Kier alpha value is -4.79. The van der Waals surface area contributed by atoms with Crippen LogP contribution >= 0.6 is 11.6 Å². The van der Waals surface area contributed by atoms with Crippen LogP contribution in [-0.2, 0) is 23.1 Å². The van der Waals surface area contributed by atoms with Crippen LogP contribution in [0.1, 0.15) is 39.5 Å². The van der Waals surface area contributed by atoms with Crippen molar-refractivity contribution >= 4 is 35.0 Å². The summed E-state index contributed by atoms with van der Waals surface area (Å²) in [6, 6.07) is 8.11. The fraction of sp³-hybridized carbons (Fsp3) is 0.447. The van der Waals surface area contributed by atoms with Crippen molar-refractivity contribution in [3.8, 4) is 28.1 Å². The predicted octanol–water partition coefficient (Wildman–Crippen LogP) is 4.73. The summed E-state index contributed by atoms with van der Waals surface area (Å²) in [5.74, 6) is -0.996. The third kappa shape index (κ3) is 7.80. The van der Waals surface area contributed by atoms with Gasteiger partial charge in [0.05, 0.1) is 76.1 Å². The van der Waals surface area contributed by atoms with Crippen molar-refractivity contribution in [3.63, 3.8) is 0 Å². The predicted molar refractivity (Wildman–Crippen MR) is 199 cm³/mol. The zero-order chi connectivity index (χ0) is 38.0. The molecule has 0 bridgehead atoms. The van der Waals surface area contributed by atoms with E-state index in [1.165, 1.54) is 19.4 Å². The molecule has 2 aliphatic heterocycles. The van der Waals surface area contributed by atoms with E-state index >= 15 is 4.39 Å². The smallest absolute Gasteiger partial charge is 0.291 e. The zero-order valence-corrected chi connectivity index (χ0v) is 31.9. The highest BCUT2D eigenvalue weighted by atomic mass is 35.5. The van der Waals surface area contributed by atoms with Crippen molar-refractivity contribution < 1.29 is 32.7 Å². The number of carbonyl (C=O) groups excluding carboxylic acids is 3. The number of aromatic nitrogens is 4. The Morgan fingerprint density at radius 2 is 1.66 bits per heavy atom. The number of rotatable bonds is 10. The molecule has 13 nitrogen and oxygen atoms in total. The molecule has 4 aromatic rings. The van der Waals surface area contributed by atoms with E-state index in [4.69, 9.17) is 21.1 Å². The monoisotopic (exact) mass is 749 g/mol. The number of nitrogens with zero attached hydrogens (tertiary/aromatic N) is 7. The minimum absolute atomic E-state index is 0.00860. The fourth-order valence-electron chi connectivity index (χ4n) is 7.18. The molecule has 6 rings (SSSR count).